The first-order valence-corrected chi connectivity index (χ1v) is 8.20. The zero-order valence-corrected chi connectivity index (χ0v) is 13.6. The topological polar surface area (TPSA) is 52.3 Å². The third-order valence-corrected chi connectivity index (χ3v) is 3.77. The molecule has 0 aliphatic heterocycles. The van der Waals surface area contributed by atoms with E-state index in [9.17, 15) is 4.79 Å². The van der Waals surface area contributed by atoms with E-state index in [-0.39, 0.29) is 12.3 Å². The Hall–Kier alpha value is -1.22. The van der Waals surface area contributed by atoms with E-state index in [0.29, 0.717) is 11.6 Å². The van der Waals surface area contributed by atoms with Gasteiger partial charge in [-0.3, -0.25) is 4.79 Å². The molecule has 0 saturated carbocycles. The van der Waals surface area contributed by atoms with Gasteiger partial charge in [0.2, 0.25) is 5.91 Å². The number of carbonyl (C=O) groups is 1. The third kappa shape index (κ3) is 7.96. The molecular formula is C17H26ClNO2. The minimum Gasteiger partial charge on any atom is -0.494 e. The Morgan fingerprint density at radius 3 is 2.48 bits per heavy atom. The van der Waals surface area contributed by atoms with Gasteiger partial charge in [0.15, 0.2) is 0 Å². The highest BCUT2D eigenvalue weighted by Gasteiger charge is 2.06. The van der Waals surface area contributed by atoms with Crippen molar-refractivity contribution in [1.82, 2.24) is 0 Å². The van der Waals surface area contributed by atoms with Crippen LogP contribution in [0.5, 0.6) is 5.75 Å². The zero-order valence-electron chi connectivity index (χ0n) is 12.9. The Kier molecular flexibility index (Phi) is 8.91. The highest BCUT2D eigenvalue weighted by atomic mass is 35.5. The number of amides is 1. The summed E-state index contributed by atoms with van der Waals surface area (Å²) < 4.78 is 5.70. The van der Waals surface area contributed by atoms with Crippen molar-refractivity contribution in [3.63, 3.8) is 0 Å². The van der Waals surface area contributed by atoms with Gasteiger partial charge in [-0.1, -0.05) is 57.0 Å². The fourth-order valence-corrected chi connectivity index (χ4v) is 2.40. The molecule has 3 nitrogen and oxygen atoms in total. The van der Waals surface area contributed by atoms with Crippen LogP contribution in [-0.2, 0) is 11.2 Å². The molecule has 1 aromatic carbocycles. The highest BCUT2D eigenvalue weighted by molar-refractivity contribution is 6.31. The predicted molar refractivity (Wildman–Crippen MR) is 87.8 cm³/mol. The van der Waals surface area contributed by atoms with Crippen molar-refractivity contribution < 1.29 is 9.53 Å². The lowest BCUT2D eigenvalue weighted by molar-refractivity contribution is -0.117. The minimum atomic E-state index is -0.388. The van der Waals surface area contributed by atoms with Gasteiger partial charge in [-0.2, -0.15) is 0 Å². The number of benzene rings is 1. The van der Waals surface area contributed by atoms with Crippen LogP contribution in [0.15, 0.2) is 18.2 Å². The Morgan fingerprint density at radius 1 is 1.14 bits per heavy atom. The maximum atomic E-state index is 11.0. The van der Waals surface area contributed by atoms with Crippen molar-refractivity contribution in [2.75, 3.05) is 6.61 Å². The second-order valence-electron chi connectivity index (χ2n) is 5.37. The maximum absolute atomic E-state index is 11.0. The predicted octanol–water partition coefficient (Wildman–Crippen LogP) is 4.50. The third-order valence-electron chi connectivity index (χ3n) is 3.40. The lowest BCUT2D eigenvalue weighted by atomic mass is 10.1. The van der Waals surface area contributed by atoms with E-state index in [1.54, 1.807) is 12.1 Å². The molecule has 2 N–H and O–H groups in total. The Bertz CT molecular complexity index is 435. The van der Waals surface area contributed by atoms with Crippen molar-refractivity contribution in [3.8, 4) is 5.75 Å². The van der Waals surface area contributed by atoms with Gasteiger partial charge < -0.3 is 10.5 Å². The summed E-state index contributed by atoms with van der Waals surface area (Å²) in [5.74, 6) is 0.364. The second-order valence-corrected chi connectivity index (χ2v) is 5.77. The summed E-state index contributed by atoms with van der Waals surface area (Å²) in [7, 11) is 0. The molecule has 0 fully saturated rings. The number of hydrogen-bond acceptors (Lipinski definition) is 2. The molecular weight excluding hydrogens is 286 g/mol. The van der Waals surface area contributed by atoms with E-state index in [1.165, 1.54) is 38.5 Å². The number of ether oxygens (including phenoxy) is 1. The molecule has 0 unspecified atom stereocenters. The van der Waals surface area contributed by atoms with Crippen LogP contribution in [0.25, 0.3) is 0 Å². The van der Waals surface area contributed by atoms with Crippen LogP contribution in [-0.4, -0.2) is 12.5 Å². The fraction of sp³-hybridized carbons (Fsp3) is 0.588. The first-order valence-electron chi connectivity index (χ1n) is 7.83. The van der Waals surface area contributed by atoms with Gasteiger partial charge in [0, 0.05) is 5.02 Å². The van der Waals surface area contributed by atoms with E-state index in [0.717, 1.165) is 17.7 Å². The molecule has 0 atom stereocenters. The van der Waals surface area contributed by atoms with Crippen molar-refractivity contribution in [1.29, 1.82) is 0 Å². The molecule has 1 rings (SSSR count). The van der Waals surface area contributed by atoms with Crippen LogP contribution in [0.3, 0.4) is 0 Å². The monoisotopic (exact) mass is 311 g/mol. The van der Waals surface area contributed by atoms with E-state index in [4.69, 9.17) is 22.1 Å². The largest absolute Gasteiger partial charge is 0.494 e. The normalized spacial score (nSPS) is 10.6. The van der Waals surface area contributed by atoms with Crippen molar-refractivity contribution in [3.05, 3.63) is 28.8 Å². The Morgan fingerprint density at radius 2 is 1.81 bits per heavy atom. The molecule has 1 aromatic rings. The first kappa shape index (κ1) is 17.8. The summed E-state index contributed by atoms with van der Waals surface area (Å²) in [6.45, 7) is 2.93. The van der Waals surface area contributed by atoms with Gasteiger partial charge in [-0.05, 0) is 30.2 Å². The van der Waals surface area contributed by atoms with Crippen LogP contribution in [0.2, 0.25) is 5.02 Å². The molecule has 0 bridgehead atoms. The van der Waals surface area contributed by atoms with Gasteiger partial charge in [-0.25, -0.2) is 0 Å². The summed E-state index contributed by atoms with van der Waals surface area (Å²) in [6.07, 6.45) is 8.95. The van der Waals surface area contributed by atoms with Gasteiger partial charge in [0.05, 0.1) is 13.0 Å². The smallest absolute Gasteiger partial charge is 0.221 e. The van der Waals surface area contributed by atoms with E-state index >= 15 is 0 Å². The Balaban J connectivity index is 2.24. The number of hydrogen-bond donors (Lipinski definition) is 1. The van der Waals surface area contributed by atoms with E-state index in [1.807, 2.05) is 6.07 Å². The van der Waals surface area contributed by atoms with Crippen LogP contribution in [0.4, 0.5) is 0 Å². The molecule has 0 spiro atoms. The first-order chi connectivity index (χ1) is 10.1. The summed E-state index contributed by atoms with van der Waals surface area (Å²) >= 11 is 6.02. The van der Waals surface area contributed by atoms with Gasteiger partial charge in [0.25, 0.3) is 0 Å². The summed E-state index contributed by atoms with van der Waals surface area (Å²) in [5.41, 5.74) is 5.92. The van der Waals surface area contributed by atoms with E-state index in [2.05, 4.69) is 6.92 Å². The van der Waals surface area contributed by atoms with Crippen LogP contribution in [0, 0.1) is 0 Å². The fourth-order valence-electron chi connectivity index (χ4n) is 2.21. The van der Waals surface area contributed by atoms with Gasteiger partial charge >= 0.3 is 0 Å². The van der Waals surface area contributed by atoms with Gasteiger partial charge in [-0.15, -0.1) is 0 Å². The number of rotatable bonds is 11. The van der Waals surface area contributed by atoms with Crippen molar-refractivity contribution >= 4 is 17.5 Å². The quantitative estimate of drug-likeness (QED) is 0.612. The SMILES string of the molecule is CCCCCCCCCOc1ccc(Cl)c(CC(N)=O)c1. The van der Waals surface area contributed by atoms with Crippen molar-refractivity contribution in [2.24, 2.45) is 5.73 Å². The summed E-state index contributed by atoms with van der Waals surface area (Å²) in [4.78, 5) is 11.0. The van der Waals surface area contributed by atoms with Crippen molar-refractivity contribution in [2.45, 2.75) is 58.3 Å². The summed E-state index contributed by atoms with van der Waals surface area (Å²) in [6, 6.07) is 5.38. The standard InChI is InChI=1S/C17H26ClNO2/c1-2-3-4-5-6-7-8-11-21-15-9-10-16(18)14(12-15)13-17(19)20/h9-10,12H,2-8,11,13H2,1H3,(H2,19,20). The van der Waals surface area contributed by atoms with Gasteiger partial charge in [0.1, 0.15) is 5.75 Å². The molecule has 21 heavy (non-hydrogen) atoms. The average molecular weight is 312 g/mol. The molecule has 0 aliphatic carbocycles. The molecule has 0 radical (unpaired) electrons. The molecule has 0 aromatic heterocycles. The molecule has 1 amide bonds. The molecule has 0 aliphatic rings. The number of nitrogens with two attached hydrogens (primary N) is 1. The molecule has 0 saturated heterocycles. The van der Waals surface area contributed by atoms with Crippen LogP contribution < -0.4 is 10.5 Å². The number of carbonyl (C=O) groups excluding carboxylic acids is 1. The number of unbranched alkanes of at least 4 members (excludes halogenated alkanes) is 6. The van der Waals surface area contributed by atoms with E-state index < -0.39 is 0 Å². The number of primary amides is 1. The molecule has 0 heterocycles. The maximum Gasteiger partial charge on any atom is 0.221 e. The molecule has 4 heteroatoms. The summed E-state index contributed by atoms with van der Waals surface area (Å²) in [5, 5.41) is 0.553. The average Bonchev–Trinajstić information content (AvgIpc) is 2.44. The Labute approximate surface area is 132 Å². The lowest BCUT2D eigenvalue weighted by Gasteiger charge is -2.09. The van der Waals surface area contributed by atoms with Crippen LogP contribution >= 0.6 is 11.6 Å². The lowest BCUT2D eigenvalue weighted by Crippen LogP contribution is -2.14. The number of halogens is 1. The van der Waals surface area contributed by atoms with Crippen LogP contribution in [0.1, 0.15) is 57.4 Å². The zero-order chi connectivity index (χ0) is 15.5. The second kappa shape index (κ2) is 10.5. The molecule has 118 valence electrons. The highest BCUT2D eigenvalue weighted by Crippen LogP contribution is 2.22. The minimum absolute atomic E-state index is 0.146.